The lowest BCUT2D eigenvalue weighted by Crippen LogP contribution is -2.24. The van der Waals surface area contributed by atoms with E-state index in [4.69, 9.17) is 16.9 Å². The van der Waals surface area contributed by atoms with Crippen LogP contribution in [0.2, 0.25) is 5.28 Å². The number of rotatable bonds is 3. The molecule has 0 aliphatic rings. The first-order valence-electron chi connectivity index (χ1n) is 6.20. The topological polar surface area (TPSA) is 91.6 Å². The third-order valence-corrected chi connectivity index (χ3v) is 3.95. The summed E-state index contributed by atoms with van der Waals surface area (Å²) in [5, 5.41) is 13.4. The molecule has 3 aromatic heterocycles. The molecule has 0 unspecified atom stereocenters. The van der Waals surface area contributed by atoms with Gasteiger partial charge in [0.05, 0.1) is 15.8 Å². The van der Waals surface area contributed by atoms with Gasteiger partial charge in [0, 0.05) is 18.9 Å². The minimum atomic E-state index is -0.348. The van der Waals surface area contributed by atoms with Gasteiger partial charge in [-0.25, -0.2) is 9.97 Å². The highest BCUT2D eigenvalue weighted by atomic mass is 35.5. The fourth-order valence-corrected chi connectivity index (χ4v) is 2.89. The standard InChI is InChI=1S/C14H8ClN5OS/c15-14-19-10-1-2-22-12(10)11(20-14)13(21)18-7-9-3-8(4-16)5-17-6-9/h1-3,5-6H,7H2,(H,18,21). The summed E-state index contributed by atoms with van der Waals surface area (Å²) in [5.74, 6) is -0.348. The van der Waals surface area contributed by atoms with E-state index in [0.717, 1.165) is 5.56 Å². The summed E-state index contributed by atoms with van der Waals surface area (Å²) in [6.07, 6.45) is 3.06. The molecule has 0 bridgehead atoms. The number of hydrogen-bond acceptors (Lipinski definition) is 6. The van der Waals surface area contributed by atoms with Gasteiger partial charge in [-0.3, -0.25) is 9.78 Å². The number of hydrogen-bond donors (Lipinski definition) is 1. The Morgan fingerprint density at radius 3 is 3.09 bits per heavy atom. The Morgan fingerprint density at radius 1 is 1.41 bits per heavy atom. The zero-order valence-corrected chi connectivity index (χ0v) is 12.6. The molecule has 0 saturated heterocycles. The lowest BCUT2D eigenvalue weighted by atomic mass is 10.2. The maximum atomic E-state index is 12.3. The van der Waals surface area contributed by atoms with E-state index < -0.39 is 0 Å². The first kappa shape index (κ1) is 14.4. The molecule has 3 heterocycles. The van der Waals surface area contributed by atoms with Crippen LogP contribution in [0, 0.1) is 11.3 Å². The zero-order chi connectivity index (χ0) is 15.5. The number of nitrogens with one attached hydrogen (secondary N) is 1. The van der Waals surface area contributed by atoms with E-state index in [1.807, 2.05) is 11.4 Å². The van der Waals surface area contributed by atoms with Crippen molar-refractivity contribution < 1.29 is 4.79 Å². The lowest BCUT2D eigenvalue weighted by molar-refractivity contribution is 0.0948. The van der Waals surface area contributed by atoms with Crippen LogP contribution < -0.4 is 5.32 Å². The van der Waals surface area contributed by atoms with E-state index in [9.17, 15) is 4.79 Å². The van der Waals surface area contributed by atoms with Crippen LogP contribution in [-0.4, -0.2) is 20.9 Å². The third kappa shape index (κ3) is 2.88. The molecule has 22 heavy (non-hydrogen) atoms. The number of thiophene rings is 1. The number of aromatic nitrogens is 3. The molecule has 0 atom stereocenters. The van der Waals surface area contributed by atoms with Gasteiger partial charge in [0.25, 0.3) is 5.91 Å². The maximum absolute atomic E-state index is 12.3. The predicted octanol–water partition coefficient (Wildman–Crippen LogP) is 2.54. The summed E-state index contributed by atoms with van der Waals surface area (Å²) in [6, 6.07) is 5.45. The van der Waals surface area contributed by atoms with Gasteiger partial charge in [-0.2, -0.15) is 5.26 Å². The van der Waals surface area contributed by atoms with Gasteiger partial charge in [0.1, 0.15) is 6.07 Å². The third-order valence-electron chi connectivity index (χ3n) is 2.87. The van der Waals surface area contributed by atoms with Gasteiger partial charge in [-0.05, 0) is 34.7 Å². The molecule has 1 amide bonds. The van der Waals surface area contributed by atoms with E-state index in [2.05, 4.69) is 20.3 Å². The van der Waals surface area contributed by atoms with Crippen molar-refractivity contribution >= 4 is 39.1 Å². The predicted molar refractivity (Wildman–Crippen MR) is 82.5 cm³/mol. The molecule has 0 fully saturated rings. The van der Waals surface area contributed by atoms with Crippen LogP contribution >= 0.6 is 22.9 Å². The number of fused-ring (bicyclic) bond motifs is 1. The fourth-order valence-electron chi connectivity index (χ4n) is 1.90. The number of carbonyl (C=O) groups is 1. The molecular weight excluding hydrogens is 322 g/mol. The summed E-state index contributed by atoms with van der Waals surface area (Å²) in [7, 11) is 0. The van der Waals surface area contributed by atoms with Gasteiger partial charge in [-0.15, -0.1) is 11.3 Å². The molecule has 108 valence electrons. The van der Waals surface area contributed by atoms with Crippen molar-refractivity contribution in [2.24, 2.45) is 0 Å². The molecule has 0 spiro atoms. The maximum Gasteiger partial charge on any atom is 0.271 e. The Bertz CT molecular complexity index is 902. The second-order valence-electron chi connectivity index (χ2n) is 4.35. The van der Waals surface area contributed by atoms with Crippen LogP contribution in [0.1, 0.15) is 21.6 Å². The van der Waals surface area contributed by atoms with E-state index in [-0.39, 0.29) is 23.4 Å². The molecule has 0 aliphatic heterocycles. The van der Waals surface area contributed by atoms with Gasteiger partial charge in [0.2, 0.25) is 5.28 Å². The summed E-state index contributed by atoms with van der Waals surface area (Å²) < 4.78 is 0.686. The van der Waals surface area contributed by atoms with Crippen molar-refractivity contribution in [2.75, 3.05) is 0 Å². The molecule has 3 aromatic rings. The molecular formula is C14H8ClN5OS. The Kier molecular flexibility index (Phi) is 3.96. The first-order chi connectivity index (χ1) is 10.7. The second kappa shape index (κ2) is 6.05. The number of amides is 1. The first-order valence-corrected chi connectivity index (χ1v) is 7.46. The van der Waals surface area contributed by atoms with Gasteiger partial charge >= 0.3 is 0 Å². The summed E-state index contributed by atoms with van der Waals surface area (Å²) in [6.45, 7) is 0.246. The minimum Gasteiger partial charge on any atom is -0.347 e. The van der Waals surface area contributed by atoms with Gasteiger partial charge < -0.3 is 5.32 Å². The van der Waals surface area contributed by atoms with Gasteiger partial charge in [0.15, 0.2) is 5.69 Å². The highest BCUT2D eigenvalue weighted by Gasteiger charge is 2.15. The highest BCUT2D eigenvalue weighted by Crippen LogP contribution is 2.23. The number of pyridine rings is 1. The summed E-state index contributed by atoms with van der Waals surface area (Å²) in [4.78, 5) is 24.3. The minimum absolute atomic E-state index is 0.0317. The zero-order valence-electron chi connectivity index (χ0n) is 11.1. The second-order valence-corrected chi connectivity index (χ2v) is 5.61. The largest absolute Gasteiger partial charge is 0.347 e. The summed E-state index contributed by atoms with van der Waals surface area (Å²) in [5.41, 5.74) is 2.06. The number of carbonyl (C=O) groups excluding carboxylic acids is 1. The Morgan fingerprint density at radius 2 is 2.27 bits per heavy atom. The van der Waals surface area contributed by atoms with E-state index in [1.54, 1.807) is 18.3 Å². The molecule has 0 aliphatic carbocycles. The molecule has 0 aromatic carbocycles. The normalized spacial score (nSPS) is 10.4. The summed E-state index contributed by atoms with van der Waals surface area (Å²) >= 11 is 7.22. The number of halogens is 1. The molecule has 0 radical (unpaired) electrons. The molecule has 0 saturated carbocycles. The smallest absolute Gasteiger partial charge is 0.271 e. The van der Waals surface area contributed by atoms with Crippen molar-refractivity contribution in [3.63, 3.8) is 0 Å². The monoisotopic (exact) mass is 329 g/mol. The lowest BCUT2D eigenvalue weighted by Gasteiger charge is -2.06. The number of nitriles is 1. The van der Waals surface area contributed by atoms with Crippen LogP contribution in [0.3, 0.4) is 0 Å². The Hall–Kier alpha value is -2.56. The molecule has 3 rings (SSSR count). The Labute approximate surface area is 134 Å². The number of nitrogens with zero attached hydrogens (tertiary/aromatic N) is 4. The van der Waals surface area contributed by atoms with E-state index in [1.165, 1.54) is 17.5 Å². The van der Waals surface area contributed by atoms with E-state index >= 15 is 0 Å². The van der Waals surface area contributed by atoms with Crippen molar-refractivity contribution in [1.82, 2.24) is 20.3 Å². The van der Waals surface area contributed by atoms with Crippen molar-refractivity contribution in [2.45, 2.75) is 6.54 Å². The average Bonchev–Trinajstić information content (AvgIpc) is 3.00. The molecule has 6 nitrogen and oxygen atoms in total. The highest BCUT2D eigenvalue weighted by molar-refractivity contribution is 7.17. The van der Waals surface area contributed by atoms with Crippen LogP contribution in [0.15, 0.2) is 29.9 Å². The molecule has 8 heteroatoms. The van der Waals surface area contributed by atoms with E-state index in [0.29, 0.717) is 15.8 Å². The van der Waals surface area contributed by atoms with Gasteiger partial charge in [-0.1, -0.05) is 0 Å². The van der Waals surface area contributed by atoms with Crippen LogP contribution in [0.5, 0.6) is 0 Å². The molecule has 1 N–H and O–H groups in total. The average molecular weight is 330 g/mol. The van der Waals surface area contributed by atoms with Crippen LogP contribution in [-0.2, 0) is 6.54 Å². The van der Waals surface area contributed by atoms with Crippen molar-refractivity contribution in [3.8, 4) is 6.07 Å². The quantitative estimate of drug-likeness (QED) is 0.745. The SMILES string of the molecule is N#Cc1cncc(CNC(=O)c2nc(Cl)nc3ccsc23)c1. The fraction of sp³-hybridized carbons (Fsp3) is 0.0714. The van der Waals surface area contributed by atoms with Crippen molar-refractivity contribution in [1.29, 1.82) is 5.26 Å². The van der Waals surface area contributed by atoms with Crippen LogP contribution in [0.4, 0.5) is 0 Å². The Balaban J connectivity index is 1.82. The van der Waals surface area contributed by atoms with Crippen LogP contribution in [0.25, 0.3) is 10.2 Å². The van der Waals surface area contributed by atoms with Crippen molar-refractivity contribution in [3.05, 3.63) is 52.0 Å².